The van der Waals surface area contributed by atoms with Gasteiger partial charge in [0.1, 0.15) is 0 Å². The predicted octanol–water partition coefficient (Wildman–Crippen LogP) is 4.35. The first-order chi connectivity index (χ1) is 10.1. The first-order valence-corrected chi connectivity index (χ1v) is 9.36. The molecule has 2 heteroatoms. The molecule has 0 radical (unpaired) electrons. The Hall–Kier alpha value is -0.0800. The lowest BCUT2D eigenvalue weighted by Crippen LogP contribution is -2.40. The van der Waals surface area contributed by atoms with Gasteiger partial charge in [-0.25, -0.2) is 0 Å². The number of hydrogen-bond acceptors (Lipinski definition) is 2. The van der Waals surface area contributed by atoms with E-state index in [0.717, 1.165) is 55.3 Å². The lowest BCUT2D eigenvalue weighted by molar-refractivity contribution is -0.00714. The third-order valence-corrected chi connectivity index (χ3v) is 5.79. The van der Waals surface area contributed by atoms with E-state index < -0.39 is 0 Å². The fraction of sp³-hybridized carbons (Fsp3) is 1.00. The minimum Gasteiger partial charge on any atom is -0.381 e. The highest BCUT2D eigenvalue weighted by Gasteiger charge is 2.36. The third kappa shape index (κ3) is 5.25. The van der Waals surface area contributed by atoms with E-state index in [1.807, 2.05) is 0 Å². The van der Waals surface area contributed by atoms with E-state index in [4.69, 9.17) is 4.74 Å². The minimum atomic E-state index is 0.758. The van der Waals surface area contributed by atoms with Crippen molar-refractivity contribution in [3.05, 3.63) is 0 Å². The van der Waals surface area contributed by atoms with Gasteiger partial charge in [-0.3, -0.25) is 0 Å². The molecule has 21 heavy (non-hydrogen) atoms. The normalized spacial score (nSPS) is 34.6. The van der Waals surface area contributed by atoms with Crippen molar-refractivity contribution in [1.82, 2.24) is 5.32 Å². The van der Waals surface area contributed by atoms with Gasteiger partial charge in [-0.05, 0) is 80.7 Å². The zero-order valence-corrected chi connectivity index (χ0v) is 14.7. The molecule has 0 aromatic heterocycles. The summed E-state index contributed by atoms with van der Waals surface area (Å²) in [4.78, 5) is 0. The first-order valence-electron chi connectivity index (χ1n) is 9.36. The molecule has 2 rings (SSSR count). The van der Waals surface area contributed by atoms with Crippen LogP contribution in [0.3, 0.4) is 0 Å². The zero-order valence-electron chi connectivity index (χ0n) is 14.7. The monoisotopic (exact) mass is 295 g/mol. The average molecular weight is 296 g/mol. The van der Waals surface area contributed by atoms with Crippen molar-refractivity contribution >= 4 is 0 Å². The molecular weight excluding hydrogens is 258 g/mol. The Morgan fingerprint density at radius 1 is 1.10 bits per heavy atom. The summed E-state index contributed by atoms with van der Waals surface area (Å²) in [6.45, 7) is 13.8. The van der Waals surface area contributed by atoms with Gasteiger partial charge in [0.15, 0.2) is 0 Å². The predicted molar refractivity (Wildman–Crippen MR) is 90.4 cm³/mol. The molecule has 1 saturated heterocycles. The molecule has 0 spiro atoms. The fourth-order valence-electron chi connectivity index (χ4n) is 4.40. The van der Waals surface area contributed by atoms with Crippen molar-refractivity contribution < 1.29 is 4.74 Å². The number of hydrogen-bond donors (Lipinski definition) is 1. The molecule has 0 bridgehead atoms. The molecule has 1 saturated carbocycles. The molecule has 124 valence electrons. The van der Waals surface area contributed by atoms with E-state index in [1.54, 1.807) is 0 Å². The van der Waals surface area contributed by atoms with Gasteiger partial charge in [0.25, 0.3) is 0 Å². The summed E-state index contributed by atoms with van der Waals surface area (Å²) in [5.74, 6) is 5.15. The van der Waals surface area contributed by atoms with Crippen molar-refractivity contribution in [3.8, 4) is 0 Å². The van der Waals surface area contributed by atoms with Crippen LogP contribution in [0.4, 0.5) is 0 Å². The molecule has 1 aliphatic heterocycles. The van der Waals surface area contributed by atoms with Gasteiger partial charge in [-0.1, -0.05) is 27.7 Å². The van der Waals surface area contributed by atoms with Crippen LogP contribution in [0.15, 0.2) is 0 Å². The quantitative estimate of drug-likeness (QED) is 0.786. The summed E-state index contributed by atoms with van der Waals surface area (Å²) in [5, 5.41) is 3.73. The Kier molecular flexibility index (Phi) is 7.01. The lowest BCUT2D eigenvalue weighted by atomic mass is 9.65. The number of rotatable bonds is 6. The molecule has 1 N–H and O–H groups in total. The van der Waals surface area contributed by atoms with E-state index in [9.17, 15) is 0 Å². The topological polar surface area (TPSA) is 21.3 Å². The molecule has 4 atom stereocenters. The molecule has 0 aromatic rings. The summed E-state index contributed by atoms with van der Waals surface area (Å²) < 4.78 is 5.80. The van der Waals surface area contributed by atoms with Crippen LogP contribution in [-0.2, 0) is 4.74 Å². The van der Waals surface area contributed by atoms with Crippen molar-refractivity contribution in [2.45, 2.75) is 59.8 Å². The SMILES string of the molecule is CC(C)CNCC1CCC(C(C)C)CC1C1CCCOC1. The van der Waals surface area contributed by atoms with Gasteiger partial charge in [0.2, 0.25) is 0 Å². The van der Waals surface area contributed by atoms with Crippen LogP contribution >= 0.6 is 0 Å². The largest absolute Gasteiger partial charge is 0.381 e. The van der Waals surface area contributed by atoms with Gasteiger partial charge in [0, 0.05) is 13.2 Å². The Morgan fingerprint density at radius 2 is 1.90 bits per heavy atom. The maximum Gasteiger partial charge on any atom is 0.0497 e. The van der Waals surface area contributed by atoms with E-state index in [1.165, 1.54) is 38.6 Å². The van der Waals surface area contributed by atoms with E-state index in [2.05, 4.69) is 33.0 Å². The van der Waals surface area contributed by atoms with Gasteiger partial charge in [-0.15, -0.1) is 0 Å². The molecule has 1 heterocycles. The maximum atomic E-state index is 5.80. The standard InChI is InChI=1S/C19H37NO/c1-14(2)11-20-12-17-8-7-16(15(3)4)10-19(17)18-6-5-9-21-13-18/h14-20H,5-13H2,1-4H3. The Balaban J connectivity index is 1.92. The Bertz CT molecular complexity index is 281. The molecule has 1 aliphatic carbocycles. The molecule has 2 nitrogen and oxygen atoms in total. The van der Waals surface area contributed by atoms with Gasteiger partial charge >= 0.3 is 0 Å². The van der Waals surface area contributed by atoms with E-state index in [0.29, 0.717) is 0 Å². The van der Waals surface area contributed by atoms with Gasteiger partial charge in [0.05, 0.1) is 0 Å². The fourth-order valence-corrected chi connectivity index (χ4v) is 4.40. The van der Waals surface area contributed by atoms with Crippen LogP contribution in [0, 0.1) is 35.5 Å². The first kappa shape index (κ1) is 17.3. The molecule has 4 unspecified atom stereocenters. The van der Waals surface area contributed by atoms with Crippen molar-refractivity contribution in [3.63, 3.8) is 0 Å². The highest BCUT2D eigenvalue weighted by atomic mass is 16.5. The average Bonchev–Trinajstić information content (AvgIpc) is 2.48. The summed E-state index contributed by atoms with van der Waals surface area (Å²) in [6, 6.07) is 0. The van der Waals surface area contributed by atoms with Gasteiger partial charge < -0.3 is 10.1 Å². The van der Waals surface area contributed by atoms with Crippen LogP contribution < -0.4 is 5.32 Å². The second-order valence-corrected chi connectivity index (χ2v) is 8.27. The van der Waals surface area contributed by atoms with Crippen LogP contribution in [-0.4, -0.2) is 26.3 Å². The Morgan fingerprint density at radius 3 is 2.52 bits per heavy atom. The minimum absolute atomic E-state index is 0.758. The summed E-state index contributed by atoms with van der Waals surface area (Å²) in [7, 11) is 0. The molecule has 0 aromatic carbocycles. The highest BCUT2D eigenvalue weighted by Crippen LogP contribution is 2.43. The Labute approximate surface area is 132 Å². The van der Waals surface area contributed by atoms with Crippen molar-refractivity contribution in [2.24, 2.45) is 35.5 Å². The van der Waals surface area contributed by atoms with Crippen LogP contribution in [0.1, 0.15) is 59.8 Å². The summed E-state index contributed by atoms with van der Waals surface area (Å²) in [5.41, 5.74) is 0. The second kappa shape index (κ2) is 8.53. The zero-order chi connectivity index (χ0) is 15.2. The van der Waals surface area contributed by atoms with E-state index in [-0.39, 0.29) is 0 Å². The summed E-state index contributed by atoms with van der Waals surface area (Å²) >= 11 is 0. The smallest absolute Gasteiger partial charge is 0.0497 e. The summed E-state index contributed by atoms with van der Waals surface area (Å²) in [6.07, 6.45) is 6.99. The number of nitrogens with one attached hydrogen (secondary N) is 1. The van der Waals surface area contributed by atoms with Crippen LogP contribution in [0.25, 0.3) is 0 Å². The molecule has 2 fully saturated rings. The van der Waals surface area contributed by atoms with Gasteiger partial charge in [-0.2, -0.15) is 0 Å². The van der Waals surface area contributed by atoms with Crippen LogP contribution in [0.5, 0.6) is 0 Å². The maximum absolute atomic E-state index is 5.80. The second-order valence-electron chi connectivity index (χ2n) is 8.27. The molecule has 0 amide bonds. The number of ether oxygens (including phenoxy) is 1. The molecule has 2 aliphatic rings. The molecular formula is C19H37NO. The van der Waals surface area contributed by atoms with Crippen molar-refractivity contribution in [1.29, 1.82) is 0 Å². The van der Waals surface area contributed by atoms with E-state index >= 15 is 0 Å². The lowest BCUT2D eigenvalue weighted by Gasteiger charge is -2.43. The third-order valence-electron chi connectivity index (χ3n) is 5.79. The highest BCUT2D eigenvalue weighted by molar-refractivity contribution is 4.87. The van der Waals surface area contributed by atoms with Crippen LogP contribution in [0.2, 0.25) is 0 Å². The van der Waals surface area contributed by atoms with Crippen molar-refractivity contribution in [2.75, 3.05) is 26.3 Å².